The van der Waals surface area contributed by atoms with Crippen molar-refractivity contribution in [3.63, 3.8) is 0 Å². The molecule has 12 heteroatoms. The lowest BCUT2D eigenvalue weighted by molar-refractivity contribution is -0.141. The third-order valence-electron chi connectivity index (χ3n) is 7.05. The molecule has 2 amide bonds. The van der Waals surface area contributed by atoms with Gasteiger partial charge in [0.2, 0.25) is 11.8 Å². The molecule has 0 aliphatic heterocycles. The van der Waals surface area contributed by atoms with Crippen molar-refractivity contribution in [2.24, 2.45) is 0 Å². The predicted molar refractivity (Wildman–Crippen MR) is 177 cm³/mol. The average Bonchev–Trinajstić information content (AvgIpc) is 3.03. The Labute approximate surface area is 272 Å². The minimum Gasteiger partial charge on any atom is -0.497 e. The fourth-order valence-corrected chi connectivity index (χ4v) is 6.24. The van der Waals surface area contributed by atoms with Crippen LogP contribution in [0.4, 0.5) is 5.69 Å². The van der Waals surface area contributed by atoms with Gasteiger partial charge in [-0.25, -0.2) is 8.42 Å². The molecule has 0 bridgehead atoms. The van der Waals surface area contributed by atoms with Gasteiger partial charge in [0, 0.05) is 18.2 Å². The normalized spacial score (nSPS) is 12.1. The fourth-order valence-electron chi connectivity index (χ4n) is 4.81. The van der Waals surface area contributed by atoms with Crippen LogP contribution in [0.2, 0.25) is 0 Å². The summed E-state index contributed by atoms with van der Waals surface area (Å²) in [4.78, 5) is 29.2. The first-order valence-corrected chi connectivity index (χ1v) is 16.4. The molecule has 0 saturated heterocycles. The van der Waals surface area contributed by atoms with Gasteiger partial charge in [-0.1, -0.05) is 19.1 Å². The van der Waals surface area contributed by atoms with E-state index in [4.69, 9.17) is 18.9 Å². The molecular weight excluding hydrogens is 610 g/mol. The van der Waals surface area contributed by atoms with E-state index in [9.17, 15) is 18.0 Å². The number of amides is 2. The van der Waals surface area contributed by atoms with Crippen molar-refractivity contribution in [1.29, 1.82) is 0 Å². The summed E-state index contributed by atoms with van der Waals surface area (Å²) in [6.45, 7) is 9.14. The maximum Gasteiger partial charge on any atom is 0.264 e. The van der Waals surface area contributed by atoms with Crippen LogP contribution in [0.5, 0.6) is 23.0 Å². The van der Waals surface area contributed by atoms with Gasteiger partial charge in [-0.15, -0.1) is 0 Å². The highest BCUT2D eigenvalue weighted by Gasteiger charge is 2.35. The van der Waals surface area contributed by atoms with Crippen molar-refractivity contribution in [3.05, 3.63) is 72.3 Å². The Balaban J connectivity index is 2.12. The first-order valence-electron chi connectivity index (χ1n) is 15.0. The van der Waals surface area contributed by atoms with E-state index in [-0.39, 0.29) is 28.8 Å². The molecule has 46 heavy (non-hydrogen) atoms. The Hall–Kier alpha value is -4.45. The molecule has 0 aliphatic carbocycles. The first kappa shape index (κ1) is 36.0. The van der Waals surface area contributed by atoms with E-state index >= 15 is 0 Å². The topological polar surface area (TPSA) is 124 Å². The lowest BCUT2D eigenvalue weighted by atomic mass is 10.1. The zero-order valence-electron chi connectivity index (χ0n) is 27.8. The van der Waals surface area contributed by atoms with Gasteiger partial charge in [0.15, 0.2) is 11.5 Å². The molecule has 0 aliphatic rings. The zero-order valence-corrected chi connectivity index (χ0v) is 28.6. The SMILES string of the molecule is CCOc1ccc(N(CC(=O)N(Cc2ccc(OC)cc2)[C@H](CC)C(=O)NC(C)(C)C)S(=O)(=O)c2ccc(OC)c(OC)c2)cc1. The maximum atomic E-state index is 14.3. The number of benzene rings is 3. The highest BCUT2D eigenvalue weighted by atomic mass is 32.2. The summed E-state index contributed by atoms with van der Waals surface area (Å²) in [5.41, 5.74) is 0.430. The summed E-state index contributed by atoms with van der Waals surface area (Å²) in [7, 11) is 0.0842. The highest BCUT2D eigenvalue weighted by molar-refractivity contribution is 7.92. The van der Waals surface area contributed by atoms with Gasteiger partial charge in [-0.2, -0.15) is 0 Å². The molecule has 0 aromatic heterocycles. The molecule has 1 atom stereocenters. The zero-order chi connectivity index (χ0) is 34.1. The van der Waals surface area contributed by atoms with Crippen molar-refractivity contribution in [2.75, 3.05) is 38.8 Å². The number of nitrogens with one attached hydrogen (secondary N) is 1. The van der Waals surface area contributed by atoms with E-state index in [2.05, 4.69) is 5.32 Å². The van der Waals surface area contributed by atoms with Crippen LogP contribution >= 0.6 is 0 Å². The standard InChI is InChI=1S/C34H45N3O8S/c1-9-29(33(39)35-34(3,4)5)36(22-24-11-15-26(42-6)16-12-24)32(38)23-37(25-13-17-27(18-14-25)45-10-2)46(40,41)28-19-20-30(43-7)31(21-28)44-8/h11-21,29H,9-10,22-23H2,1-8H3,(H,35,39)/t29-/m1/s1. The van der Waals surface area contributed by atoms with Crippen molar-refractivity contribution in [3.8, 4) is 23.0 Å². The van der Waals surface area contributed by atoms with Crippen molar-refractivity contribution >= 4 is 27.5 Å². The number of anilines is 1. The van der Waals surface area contributed by atoms with Crippen molar-refractivity contribution < 1.29 is 37.0 Å². The summed E-state index contributed by atoms with van der Waals surface area (Å²) in [6.07, 6.45) is 0.301. The summed E-state index contributed by atoms with van der Waals surface area (Å²) >= 11 is 0. The number of hydrogen-bond acceptors (Lipinski definition) is 8. The molecule has 11 nitrogen and oxygen atoms in total. The third-order valence-corrected chi connectivity index (χ3v) is 8.82. The molecule has 0 saturated carbocycles. The Bertz CT molecular complexity index is 1570. The van der Waals surface area contributed by atoms with E-state index in [1.165, 1.54) is 37.3 Å². The van der Waals surface area contributed by atoms with E-state index in [0.717, 1.165) is 9.87 Å². The van der Waals surface area contributed by atoms with Crippen LogP contribution in [0.1, 0.15) is 46.6 Å². The molecule has 0 unspecified atom stereocenters. The molecule has 3 rings (SSSR count). The first-order chi connectivity index (χ1) is 21.8. The second-order valence-corrected chi connectivity index (χ2v) is 13.4. The van der Waals surface area contributed by atoms with E-state index < -0.39 is 34.1 Å². The lowest BCUT2D eigenvalue weighted by Gasteiger charge is -2.34. The largest absolute Gasteiger partial charge is 0.497 e. The van der Waals surface area contributed by atoms with Crippen LogP contribution in [0.25, 0.3) is 0 Å². The average molecular weight is 656 g/mol. The van der Waals surface area contributed by atoms with Crippen LogP contribution < -0.4 is 28.6 Å². The summed E-state index contributed by atoms with van der Waals surface area (Å²) < 4.78 is 51.1. The maximum absolute atomic E-state index is 14.3. The summed E-state index contributed by atoms with van der Waals surface area (Å²) in [5, 5.41) is 2.97. The van der Waals surface area contributed by atoms with Gasteiger partial charge in [0.25, 0.3) is 10.0 Å². The van der Waals surface area contributed by atoms with Gasteiger partial charge < -0.3 is 29.2 Å². The minimum atomic E-state index is -4.34. The van der Waals surface area contributed by atoms with Crippen LogP contribution in [0.15, 0.2) is 71.6 Å². The Morgan fingerprint density at radius 3 is 1.96 bits per heavy atom. The van der Waals surface area contributed by atoms with Crippen LogP contribution in [-0.4, -0.2) is 71.2 Å². The monoisotopic (exact) mass is 655 g/mol. The van der Waals surface area contributed by atoms with Crippen LogP contribution in [-0.2, 0) is 26.2 Å². The van der Waals surface area contributed by atoms with Gasteiger partial charge >= 0.3 is 0 Å². The van der Waals surface area contributed by atoms with E-state index in [1.54, 1.807) is 55.6 Å². The molecule has 0 spiro atoms. The van der Waals surface area contributed by atoms with Gasteiger partial charge in [0.1, 0.15) is 24.1 Å². The number of ether oxygens (including phenoxy) is 4. The van der Waals surface area contributed by atoms with Crippen molar-refractivity contribution in [1.82, 2.24) is 10.2 Å². The Morgan fingerprint density at radius 2 is 1.43 bits per heavy atom. The number of sulfonamides is 1. The fraction of sp³-hybridized carbons (Fsp3) is 0.412. The Morgan fingerprint density at radius 1 is 0.826 bits per heavy atom. The van der Waals surface area contributed by atoms with E-state index in [0.29, 0.717) is 30.3 Å². The minimum absolute atomic E-state index is 0.0619. The number of rotatable bonds is 15. The molecule has 0 heterocycles. The lowest BCUT2D eigenvalue weighted by Crippen LogP contribution is -2.55. The predicted octanol–water partition coefficient (Wildman–Crippen LogP) is 5.03. The molecule has 0 fully saturated rings. The van der Waals surface area contributed by atoms with Gasteiger partial charge in [0.05, 0.1) is 38.5 Å². The second-order valence-electron chi connectivity index (χ2n) is 11.5. The van der Waals surface area contributed by atoms with E-state index in [1.807, 2.05) is 34.6 Å². The van der Waals surface area contributed by atoms with Gasteiger partial charge in [-0.3, -0.25) is 13.9 Å². The smallest absolute Gasteiger partial charge is 0.264 e. The highest BCUT2D eigenvalue weighted by Crippen LogP contribution is 2.33. The molecule has 3 aromatic carbocycles. The van der Waals surface area contributed by atoms with Crippen LogP contribution in [0, 0.1) is 0 Å². The molecule has 0 radical (unpaired) electrons. The molecule has 3 aromatic rings. The Kier molecular flexibility index (Phi) is 12.3. The summed E-state index contributed by atoms with van der Waals surface area (Å²) in [6, 6.07) is 16.9. The summed E-state index contributed by atoms with van der Waals surface area (Å²) in [5.74, 6) is 0.852. The van der Waals surface area contributed by atoms with Gasteiger partial charge in [-0.05, 0) is 88.2 Å². The second kappa shape index (κ2) is 15.7. The number of carbonyl (C=O) groups excluding carboxylic acids is 2. The quantitative estimate of drug-likeness (QED) is 0.242. The van der Waals surface area contributed by atoms with Crippen molar-refractivity contribution in [2.45, 2.75) is 64.1 Å². The molecular formula is C34H45N3O8S. The number of nitrogens with zero attached hydrogens (tertiary/aromatic N) is 2. The third kappa shape index (κ3) is 9.06. The molecule has 1 N–H and O–H groups in total. The molecule has 250 valence electrons. The van der Waals surface area contributed by atoms with Crippen LogP contribution in [0.3, 0.4) is 0 Å². The number of carbonyl (C=O) groups is 2. The number of methoxy groups -OCH3 is 3. The number of hydrogen-bond donors (Lipinski definition) is 1.